The molecule has 4 rings (SSSR count). The van der Waals surface area contributed by atoms with Crippen molar-refractivity contribution in [2.75, 3.05) is 39.1 Å². The zero-order chi connectivity index (χ0) is 22.3. The summed E-state index contributed by atoms with van der Waals surface area (Å²) in [5.74, 6) is 2.32. The van der Waals surface area contributed by atoms with Crippen LogP contribution >= 0.6 is 11.8 Å². The topological polar surface area (TPSA) is 91.9 Å². The van der Waals surface area contributed by atoms with Crippen LogP contribution in [0.15, 0.2) is 52.6 Å². The second-order valence-electron chi connectivity index (χ2n) is 8.31. The van der Waals surface area contributed by atoms with Gasteiger partial charge in [-0.2, -0.15) is 0 Å². The highest BCUT2D eigenvalue weighted by Gasteiger charge is 2.29. The molecule has 0 unspecified atom stereocenters. The number of hydrogen-bond acceptors (Lipinski definition) is 8. The van der Waals surface area contributed by atoms with Crippen molar-refractivity contribution in [3.63, 3.8) is 0 Å². The van der Waals surface area contributed by atoms with Crippen molar-refractivity contribution in [3.05, 3.63) is 48.5 Å². The van der Waals surface area contributed by atoms with Gasteiger partial charge >= 0.3 is 0 Å². The summed E-state index contributed by atoms with van der Waals surface area (Å²) in [7, 11) is 1.64. The molecule has 0 amide bonds. The predicted molar refractivity (Wildman–Crippen MR) is 125 cm³/mol. The number of hydrogen-bond donors (Lipinski definition) is 2. The Labute approximate surface area is 192 Å². The van der Waals surface area contributed by atoms with Gasteiger partial charge in [-0.15, -0.1) is 0 Å². The van der Waals surface area contributed by atoms with Gasteiger partial charge in [-0.05, 0) is 67.5 Å². The summed E-state index contributed by atoms with van der Waals surface area (Å²) in [5, 5.41) is 22.6. The fourth-order valence-electron chi connectivity index (χ4n) is 4.58. The minimum atomic E-state index is -0.567. The molecule has 0 bridgehead atoms. The molecular formula is C24H31N3O4S. The van der Waals surface area contributed by atoms with Gasteiger partial charge in [-0.1, -0.05) is 11.8 Å². The van der Waals surface area contributed by atoms with E-state index in [4.69, 9.17) is 9.15 Å². The zero-order valence-electron chi connectivity index (χ0n) is 18.4. The molecule has 3 atom stereocenters. The maximum absolute atomic E-state index is 11.0. The highest BCUT2D eigenvalue weighted by atomic mass is 32.2. The van der Waals surface area contributed by atoms with Crippen LogP contribution < -0.4 is 4.74 Å². The second kappa shape index (κ2) is 11.1. The first-order valence-corrected chi connectivity index (χ1v) is 12.1. The molecule has 3 heterocycles. The number of nitrogens with zero attached hydrogens (tertiary/aromatic N) is 3. The van der Waals surface area contributed by atoms with Crippen LogP contribution in [0.1, 0.15) is 30.9 Å². The van der Waals surface area contributed by atoms with Gasteiger partial charge in [0.25, 0.3) is 5.22 Å². The second-order valence-corrected chi connectivity index (χ2v) is 9.36. The van der Waals surface area contributed by atoms with E-state index in [0.717, 1.165) is 60.4 Å². The van der Waals surface area contributed by atoms with Crippen LogP contribution in [-0.2, 0) is 0 Å². The number of benzene rings is 1. The van der Waals surface area contributed by atoms with E-state index >= 15 is 0 Å². The summed E-state index contributed by atoms with van der Waals surface area (Å²) in [4.78, 5) is 11.0. The highest BCUT2D eigenvalue weighted by molar-refractivity contribution is 7.99. The van der Waals surface area contributed by atoms with Gasteiger partial charge < -0.3 is 24.3 Å². The molecule has 0 spiro atoms. The van der Waals surface area contributed by atoms with Crippen LogP contribution in [0.2, 0.25) is 0 Å². The van der Waals surface area contributed by atoms with E-state index in [1.54, 1.807) is 37.5 Å². The third-order valence-corrected chi connectivity index (χ3v) is 7.24. The summed E-state index contributed by atoms with van der Waals surface area (Å²) in [6.07, 6.45) is 7.02. The molecule has 7 nitrogen and oxygen atoms in total. The first kappa shape index (κ1) is 23.0. The lowest BCUT2D eigenvalue weighted by molar-refractivity contribution is 0.0608. The Morgan fingerprint density at radius 3 is 2.94 bits per heavy atom. The summed E-state index contributed by atoms with van der Waals surface area (Å²) < 4.78 is 10.6. The lowest BCUT2D eigenvalue weighted by Crippen LogP contribution is -2.43. The maximum atomic E-state index is 11.0. The summed E-state index contributed by atoms with van der Waals surface area (Å²) in [6.45, 7) is 3.03. The molecule has 32 heavy (non-hydrogen) atoms. The smallest absolute Gasteiger partial charge is 0.255 e. The number of aliphatic hydroxyl groups excluding tert-OH is 2. The first-order chi connectivity index (χ1) is 15.7. The number of piperidine rings is 1. The van der Waals surface area contributed by atoms with Crippen molar-refractivity contribution < 1.29 is 19.4 Å². The Kier molecular flexibility index (Phi) is 8.02. The number of ether oxygens (including phenoxy) is 1. The van der Waals surface area contributed by atoms with E-state index in [9.17, 15) is 10.2 Å². The van der Waals surface area contributed by atoms with Crippen molar-refractivity contribution in [2.24, 2.45) is 11.8 Å². The molecule has 8 heteroatoms. The molecule has 0 aliphatic carbocycles. The fraction of sp³-hybridized carbons (Fsp3) is 0.500. The van der Waals surface area contributed by atoms with Gasteiger partial charge in [0.05, 0.1) is 24.9 Å². The highest BCUT2D eigenvalue weighted by Crippen LogP contribution is 2.33. The largest absolute Gasteiger partial charge is 0.497 e. The molecule has 2 N–H and O–H groups in total. The van der Waals surface area contributed by atoms with E-state index in [2.05, 4.69) is 14.9 Å². The van der Waals surface area contributed by atoms with E-state index < -0.39 is 6.10 Å². The average Bonchev–Trinajstić information content (AvgIpc) is 3.35. The van der Waals surface area contributed by atoms with Gasteiger partial charge in [-0.25, -0.2) is 4.98 Å². The summed E-state index contributed by atoms with van der Waals surface area (Å²) in [6, 6.07) is 7.63. The molecule has 0 saturated carbocycles. The third kappa shape index (κ3) is 5.61. The van der Waals surface area contributed by atoms with Crippen LogP contribution in [-0.4, -0.2) is 64.2 Å². The van der Waals surface area contributed by atoms with Crippen molar-refractivity contribution in [1.82, 2.24) is 14.9 Å². The lowest BCUT2D eigenvalue weighted by Gasteiger charge is -2.38. The van der Waals surface area contributed by atoms with Gasteiger partial charge in [0.15, 0.2) is 0 Å². The zero-order valence-corrected chi connectivity index (χ0v) is 19.2. The SMILES string of the molecule is COc1ccc2nccc([C@H](O)CC[C@@H]3CCN(CCSc4ncco4)C[C@@H]3CO)c2c1. The number of pyridine rings is 1. The predicted octanol–water partition coefficient (Wildman–Crippen LogP) is 3.77. The number of likely N-dealkylation sites (tertiary alicyclic amines) is 1. The van der Waals surface area contributed by atoms with E-state index in [0.29, 0.717) is 17.6 Å². The van der Waals surface area contributed by atoms with Gasteiger partial charge in [-0.3, -0.25) is 4.98 Å². The Morgan fingerprint density at radius 1 is 1.25 bits per heavy atom. The Morgan fingerprint density at radius 2 is 2.16 bits per heavy atom. The van der Waals surface area contributed by atoms with Crippen molar-refractivity contribution in [1.29, 1.82) is 0 Å². The van der Waals surface area contributed by atoms with Crippen LogP contribution in [0, 0.1) is 11.8 Å². The molecule has 2 aromatic heterocycles. The summed E-state index contributed by atoms with van der Waals surface area (Å²) >= 11 is 1.62. The van der Waals surface area contributed by atoms with Crippen LogP contribution in [0.5, 0.6) is 5.75 Å². The number of oxazole rings is 1. The summed E-state index contributed by atoms with van der Waals surface area (Å²) in [5.41, 5.74) is 1.74. The van der Waals surface area contributed by atoms with Crippen LogP contribution in [0.4, 0.5) is 0 Å². The Bertz CT molecular complexity index is 985. The molecule has 1 aromatic carbocycles. The maximum Gasteiger partial charge on any atom is 0.255 e. The van der Waals surface area contributed by atoms with E-state index in [-0.39, 0.29) is 12.5 Å². The standard InChI is InChI=1S/C24H31N3O4S/c1-30-19-3-4-22-21(14-19)20(6-8-25-22)23(29)5-2-17-7-10-27(15-18(17)16-28)11-13-32-24-26-9-12-31-24/h3-4,6,8-9,12,14,17-18,23,28-29H,2,5,7,10-11,13,15-16H2,1H3/t17-,18-,23-/m1/s1. The monoisotopic (exact) mass is 457 g/mol. The van der Waals surface area contributed by atoms with E-state index in [1.165, 1.54) is 0 Å². The van der Waals surface area contributed by atoms with Crippen molar-refractivity contribution in [2.45, 2.75) is 30.6 Å². The molecule has 172 valence electrons. The fourth-order valence-corrected chi connectivity index (χ4v) is 5.36. The van der Waals surface area contributed by atoms with Gasteiger partial charge in [0, 0.05) is 37.0 Å². The molecule has 1 fully saturated rings. The van der Waals surface area contributed by atoms with Gasteiger partial charge in [0.2, 0.25) is 0 Å². The number of aliphatic hydroxyl groups is 2. The quantitative estimate of drug-likeness (QED) is 0.445. The molecule has 0 radical (unpaired) electrons. The molecular weight excluding hydrogens is 426 g/mol. The average molecular weight is 458 g/mol. The molecule has 3 aromatic rings. The Hall–Kier alpha value is -2.13. The molecule has 1 aliphatic rings. The number of aromatic nitrogens is 2. The number of thioether (sulfide) groups is 1. The van der Waals surface area contributed by atoms with Gasteiger partial charge in [0.1, 0.15) is 12.0 Å². The number of fused-ring (bicyclic) bond motifs is 1. The first-order valence-electron chi connectivity index (χ1n) is 11.1. The van der Waals surface area contributed by atoms with Crippen molar-refractivity contribution in [3.8, 4) is 5.75 Å². The molecule has 1 saturated heterocycles. The Balaban J connectivity index is 1.31. The normalized spacial score (nSPS) is 20.5. The number of methoxy groups -OCH3 is 1. The third-order valence-electron chi connectivity index (χ3n) is 6.41. The van der Waals surface area contributed by atoms with Crippen LogP contribution in [0.25, 0.3) is 10.9 Å². The minimum absolute atomic E-state index is 0.180. The lowest BCUT2D eigenvalue weighted by atomic mass is 9.81. The van der Waals surface area contributed by atoms with Crippen LogP contribution in [0.3, 0.4) is 0 Å². The number of rotatable bonds is 10. The molecule has 1 aliphatic heterocycles. The van der Waals surface area contributed by atoms with E-state index in [1.807, 2.05) is 24.3 Å². The minimum Gasteiger partial charge on any atom is -0.497 e. The van der Waals surface area contributed by atoms with Crippen molar-refractivity contribution >= 4 is 22.7 Å².